The van der Waals surface area contributed by atoms with Crippen molar-refractivity contribution in [3.63, 3.8) is 0 Å². The van der Waals surface area contributed by atoms with Gasteiger partial charge in [-0.2, -0.15) is 0 Å². The lowest BCUT2D eigenvalue weighted by Crippen LogP contribution is -2.57. The zero-order chi connectivity index (χ0) is 10.9. The molecule has 1 unspecified atom stereocenters. The maximum Gasteiger partial charge on any atom is 0.410 e. The molecule has 82 valence electrons. The highest BCUT2D eigenvalue weighted by atomic mass is 32.2. The Hall–Kier alpha value is -0.620. The van der Waals surface area contributed by atoms with E-state index < -0.39 is 16.6 Å². The monoisotopic (exact) mass is 220 g/mol. The van der Waals surface area contributed by atoms with Gasteiger partial charge in [0.1, 0.15) is 5.60 Å². The van der Waals surface area contributed by atoms with Gasteiger partial charge in [0, 0.05) is 13.1 Å². The van der Waals surface area contributed by atoms with Crippen molar-refractivity contribution in [2.75, 3.05) is 13.1 Å². The van der Waals surface area contributed by atoms with Crippen LogP contribution >= 0.6 is 0 Å². The van der Waals surface area contributed by atoms with E-state index in [0.717, 1.165) is 0 Å². The Morgan fingerprint density at radius 1 is 1.50 bits per heavy atom. The van der Waals surface area contributed by atoms with Crippen molar-refractivity contribution in [2.45, 2.75) is 31.6 Å². The highest BCUT2D eigenvalue weighted by Gasteiger charge is 2.36. The second-order valence-corrected chi connectivity index (χ2v) is 5.66. The van der Waals surface area contributed by atoms with Crippen LogP contribution in [0.3, 0.4) is 0 Å². The van der Waals surface area contributed by atoms with Gasteiger partial charge in [0.15, 0.2) is 0 Å². The summed E-state index contributed by atoms with van der Waals surface area (Å²) >= 11 is 0. The fourth-order valence-electron chi connectivity index (χ4n) is 1.06. The van der Waals surface area contributed by atoms with Crippen molar-refractivity contribution in [3.05, 3.63) is 0 Å². The number of nitrogens with two attached hydrogens (primary N) is 1. The largest absolute Gasteiger partial charge is 0.444 e. The van der Waals surface area contributed by atoms with Crippen LogP contribution in [0, 0.1) is 0 Å². The first-order valence-electron chi connectivity index (χ1n) is 4.42. The van der Waals surface area contributed by atoms with E-state index in [1.54, 1.807) is 0 Å². The second kappa shape index (κ2) is 3.86. The molecule has 0 aliphatic carbocycles. The molecule has 1 heterocycles. The summed E-state index contributed by atoms with van der Waals surface area (Å²) in [4.78, 5) is 12.9. The average molecular weight is 220 g/mol. The van der Waals surface area contributed by atoms with Gasteiger partial charge in [-0.15, -0.1) is 0 Å². The molecule has 5 nitrogen and oxygen atoms in total. The number of ether oxygens (including phenoxy) is 1. The summed E-state index contributed by atoms with van der Waals surface area (Å²) in [6.45, 7) is 6.28. The molecule has 0 aromatic rings. The van der Waals surface area contributed by atoms with Crippen LogP contribution in [0.1, 0.15) is 20.8 Å². The Kier molecular flexibility index (Phi) is 3.16. The molecule has 0 saturated carbocycles. The number of carbonyl (C=O) groups is 1. The van der Waals surface area contributed by atoms with Gasteiger partial charge in [-0.1, -0.05) is 0 Å². The Morgan fingerprint density at radius 2 is 2.00 bits per heavy atom. The third kappa shape index (κ3) is 2.95. The minimum absolute atomic E-state index is 0.0949. The summed E-state index contributed by atoms with van der Waals surface area (Å²) < 4.78 is 15.9. The van der Waals surface area contributed by atoms with Gasteiger partial charge < -0.3 is 9.64 Å². The van der Waals surface area contributed by atoms with Gasteiger partial charge in [0.05, 0.1) is 16.2 Å². The zero-order valence-corrected chi connectivity index (χ0v) is 9.47. The maximum absolute atomic E-state index is 11.4. The smallest absolute Gasteiger partial charge is 0.410 e. The van der Waals surface area contributed by atoms with Gasteiger partial charge in [-0.3, -0.25) is 5.14 Å². The first kappa shape index (κ1) is 11.5. The van der Waals surface area contributed by atoms with E-state index in [1.807, 2.05) is 20.8 Å². The van der Waals surface area contributed by atoms with E-state index in [-0.39, 0.29) is 11.3 Å². The lowest BCUT2D eigenvalue weighted by atomic mass is 10.2. The number of nitrogens with zero attached hydrogens (tertiary/aromatic N) is 1. The summed E-state index contributed by atoms with van der Waals surface area (Å²) in [5.74, 6) is 0. The lowest BCUT2D eigenvalue weighted by molar-refractivity contribution is 0.0141. The molecule has 1 aliphatic heterocycles. The van der Waals surface area contributed by atoms with Crippen LogP contribution in [0.25, 0.3) is 0 Å². The number of hydrogen-bond acceptors (Lipinski definition) is 3. The molecule has 0 bridgehead atoms. The summed E-state index contributed by atoms with van der Waals surface area (Å²) in [5.41, 5.74) is -0.482. The van der Waals surface area contributed by atoms with Crippen LogP contribution in [-0.2, 0) is 15.7 Å². The molecular formula is C8H16N2O3S. The van der Waals surface area contributed by atoms with Crippen molar-refractivity contribution in [1.29, 1.82) is 0 Å². The number of amides is 1. The molecule has 2 N–H and O–H groups in total. The fourth-order valence-corrected chi connectivity index (χ4v) is 1.71. The highest BCUT2D eigenvalue weighted by molar-refractivity contribution is 7.83. The molecule has 1 aliphatic rings. The van der Waals surface area contributed by atoms with Gasteiger partial charge in [0.25, 0.3) is 0 Å². The summed E-state index contributed by atoms with van der Waals surface area (Å²) in [6.07, 6.45) is -0.362. The molecule has 1 rings (SSSR count). The van der Waals surface area contributed by atoms with Crippen LogP contribution < -0.4 is 5.14 Å². The third-order valence-corrected chi connectivity index (χ3v) is 2.78. The molecule has 6 heteroatoms. The maximum atomic E-state index is 11.4. The highest BCUT2D eigenvalue weighted by Crippen LogP contribution is 2.16. The SMILES string of the molecule is CC(C)(C)OC(=O)N1CC(S(N)=O)C1. The Bertz CT molecular complexity index is 256. The quantitative estimate of drug-likeness (QED) is 0.687. The minimum atomic E-state index is -1.33. The molecular weight excluding hydrogens is 204 g/mol. The number of rotatable bonds is 1. The number of hydrogen-bond donors (Lipinski definition) is 1. The molecule has 1 fully saturated rings. The third-order valence-electron chi connectivity index (χ3n) is 1.83. The molecule has 0 aromatic heterocycles. The fraction of sp³-hybridized carbons (Fsp3) is 0.875. The van der Waals surface area contributed by atoms with E-state index >= 15 is 0 Å². The predicted octanol–water partition coefficient (Wildman–Crippen LogP) is 0.228. The Morgan fingerprint density at radius 3 is 2.36 bits per heavy atom. The van der Waals surface area contributed by atoms with E-state index in [1.165, 1.54) is 4.90 Å². The van der Waals surface area contributed by atoms with E-state index in [4.69, 9.17) is 9.88 Å². The molecule has 0 radical (unpaired) electrons. The minimum Gasteiger partial charge on any atom is -0.444 e. The van der Waals surface area contributed by atoms with Crippen LogP contribution in [0.2, 0.25) is 0 Å². The molecule has 1 amide bonds. The lowest BCUT2D eigenvalue weighted by Gasteiger charge is -2.38. The zero-order valence-electron chi connectivity index (χ0n) is 8.65. The van der Waals surface area contributed by atoms with Crippen molar-refractivity contribution in [3.8, 4) is 0 Å². The summed E-state index contributed by atoms with van der Waals surface area (Å²) in [7, 11) is -1.33. The van der Waals surface area contributed by atoms with Crippen molar-refractivity contribution >= 4 is 17.1 Å². The molecule has 1 saturated heterocycles. The van der Waals surface area contributed by atoms with Gasteiger partial charge in [-0.25, -0.2) is 9.00 Å². The molecule has 14 heavy (non-hydrogen) atoms. The van der Waals surface area contributed by atoms with Crippen LogP contribution in [0.4, 0.5) is 4.79 Å². The van der Waals surface area contributed by atoms with Crippen molar-refractivity contribution < 1.29 is 13.7 Å². The van der Waals surface area contributed by atoms with Crippen LogP contribution in [0.5, 0.6) is 0 Å². The van der Waals surface area contributed by atoms with Gasteiger partial charge in [0.2, 0.25) is 0 Å². The first-order chi connectivity index (χ1) is 6.29. The van der Waals surface area contributed by atoms with E-state index in [0.29, 0.717) is 13.1 Å². The van der Waals surface area contributed by atoms with Gasteiger partial charge in [-0.05, 0) is 20.8 Å². The van der Waals surface area contributed by atoms with Crippen molar-refractivity contribution in [1.82, 2.24) is 4.90 Å². The summed E-state index contributed by atoms with van der Waals surface area (Å²) in [5, 5.41) is 5.09. The van der Waals surface area contributed by atoms with E-state index in [2.05, 4.69) is 0 Å². The normalized spacial score (nSPS) is 20.1. The Labute approximate surface area is 86.2 Å². The first-order valence-corrected chi connectivity index (χ1v) is 5.70. The topological polar surface area (TPSA) is 72.6 Å². The van der Waals surface area contributed by atoms with Crippen LogP contribution in [-0.4, -0.2) is 39.1 Å². The van der Waals surface area contributed by atoms with E-state index in [9.17, 15) is 9.00 Å². The number of likely N-dealkylation sites (tertiary alicyclic amines) is 1. The van der Waals surface area contributed by atoms with Crippen molar-refractivity contribution in [2.24, 2.45) is 5.14 Å². The molecule has 1 atom stereocenters. The van der Waals surface area contributed by atoms with Gasteiger partial charge >= 0.3 is 6.09 Å². The average Bonchev–Trinajstić information content (AvgIpc) is 1.75. The number of carbonyl (C=O) groups excluding carboxylic acids is 1. The predicted molar refractivity (Wildman–Crippen MR) is 53.9 cm³/mol. The van der Waals surface area contributed by atoms with Crippen LogP contribution in [0.15, 0.2) is 0 Å². The molecule has 0 aromatic carbocycles. The molecule has 0 spiro atoms. The standard InChI is InChI=1S/C8H16N2O3S/c1-8(2,3)13-7(11)10-4-6(5-10)14(9)12/h6H,4-5,9H2,1-3H3. The second-order valence-electron chi connectivity index (χ2n) is 4.34. The Balaban J connectivity index is 2.34. The summed E-state index contributed by atoms with van der Waals surface area (Å²) in [6, 6.07) is 0.